The molecule has 1 atom stereocenters. The molecule has 1 aromatic carbocycles. The second kappa shape index (κ2) is 8.07. The highest BCUT2D eigenvalue weighted by Gasteiger charge is 2.33. The van der Waals surface area contributed by atoms with Crippen LogP contribution in [-0.4, -0.2) is 26.9 Å². The van der Waals surface area contributed by atoms with Crippen molar-refractivity contribution in [2.24, 2.45) is 12.0 Å². The summed E-state index contributed by atoms with van der Waals surface area (Å²) in [4.78, 5) is 31.2. The zero-order valence-corrected chi connectivity index (χ0v) is 18.4. The maximum Gasteiger partial charge on any atom is 0.338 e. The van der Waals surface area contributed by atoms with E-state index in [-0.39, 0.29) is 17.7 Å². The number of benzene rings is 1. The molecule has 0 saturated heterocycles. The topological polar surface area (TPSA) is 78.5 Å². The van der Waals surface area contributed by atoms with Gasteiger partial charge in [-0.25, -0.2) is 14.2 Å². The van der Waals surface area contributed by atoms with Crippen LogP contribution in [0.2, 0.25) is 0 Å². The second-order valence-corrected chi connectivity index (χ2v) is 8.17. The molecule has 7 nitrogen and oxygen atoms in total. The Balaban J connectivity index is 1.97. The number of aromatic nitrogens is 3. The minimum atomic E-state index is -0.756. The molecular formula is C22H21FN4O3S. The molecule has 3 heterocycles. The van der Waals surface area contributed by atoms with Crippen molar-refractivity contribution in [3.63, 3.8) is 0 Å². The Morgan fingerprint density at radius 2 is 2.00 bits per heavy atom. The SMILES string of the molecule is CCOC(=O)C1=C(C)N=c2sc(=Cc3cnn(C)c3C)c(=O)n2[C@H]1c1ccc(F)cc1. The highest BCUT2D eigenvalue weighted by atomic mass is 32.1. The molecule has 0 N–H and O–H groups in total. The Labute approximate surface area is 181 Å². The minimum Gasteiger partial charge on any atom is -0.463 e. The van der Waals surface area contributed by atoms with E-state index >= 15 is 0 Å². The number of carbonyl (C=O) groups is 1. The van der Waals surface area contributed by atoms with E-state index in [0.29, 0.717) is 20.6 Å². The number of allylic oxidation sites excluding steroid dienone is 1. The maximum absolute atomic E-state index is 13.6. The lowest BCUT2D eigenvalue weighted by Crippen LogP contribution is -2.39. The highest BCUT2D eigenvalue weighted by Crippen LogP contribution is 2.30. The molecule has 1 aliphatic heterocycles. The van der Waals surface area contributed by atoms with E-state index in [2.05, 4.69) is 10.1 Å². The molecule has 0 spiro atoms. The maximum atomic E-state index is 13.6. The number of rotatable bonds is 4. The summed E-state index contributed by atoms with van der Waals surface area (Å²) in [6.07, 6.45) is 3.47. The third-order valence-electron chi connectivity index (χ3n) is 5.26. The van der Waals surface area contributed by atoms with Crippen LogP contribution in [0, 0.1) is 12.7 Å². The number of esters is 1. The molecule has 0 unspecified atom stereocenters. The zero-order valence-electron chi connectivity index (χ0n) is 17.5. The fourth-order valence-corrected chi connectivity index (χ4v) is 4.59. The van der Waals surface area contributed by atoms with E-state index in [1.807, 2.05) is 14.0 Å². The molecule has 0 radical (unpaired) electrons. The quantitative estimate of drug-likeness (QED) is 0.582. The summed E-state index contributed by atoms with van der Waals surface area (Å²) in [5.41, 5.74) is 2.81. The standard InChI is InChI=1S/C22H21FN4O3S/c1-5-30-21(29)18-12(2)25-22-27(19(18)14-6-8-16(23)9-7-14)20(28)17(31-22)10-15-11-24-26(4)13(15)3/h6-11,19H,5H2,1-4H3/t19-/m0/s1. The van der Waals surface area contributed by atoms with E-state index in [1.165, 1.54) is 28.0 Å². The van der Waals surface area contributed by atoms with Crippen molar-refractivity contribution in [2.75, 3.05) is 6.61 Å². The van der Waals surface area contributed by atoms with Gasteiger partial charge in [0.15, 0.2) is 4.80 Å². The van der Waals surface area contributed by atoms with Gasteiger partial charge in [-0.15, -0.1) is 0 Å². The van der Waals surface area contributed by atoms with Crippen LogP contribution in [-0.2, 0) is 16.6 Å². The first-order valence-corrected chi connectivity index (χ1v) is 10.6. The number of aryl methyl sites for hydroxylation is 1. The van der Waals surface area contributed by atoms with Crippen molar-refractivity contribution in [1.29, 1.82) is 0 Å². The van der Waals surface area contributed by atoms with Crippen molar-refractivity contribution < 1.29 is 13.9 Å². The summed E-state index contributed by atoms with van der Waals surface area (Å²) in [7, 11) is 1.83. The molecule has 1 aliphatic rings. The van der Waals surface area contributed by atoms with Gasteiger partial charge in [-0.1, -0.05) is 23.5 Å². The first-order valence-electron chi connectivity index (χ1n) is 9.75. The average molecular weight is 441 g/mol. The first-order chi connectivity index (χ1) is 14.8. The second-order valence-electron chi connectivity index (χ2n) is 7.16. The predicted molar refractivity (Wildman–Crippen MR) is 115 cm³/mol. The molecule has 160 valence electrons. The van der Waals surface area contributed by atoms with E-state index in [1.54, 1.807) is 42.9 Å². The van der Waals surface area contributed by atoms with Crippen LogP contribution in [0.1, 0.15) is 36.7 Å². The molecule has 0 bridgehead atoms. The molecule has 3 aromatic rings. The third kappa shape index (κ3) is 3.65. The zero-order chi connectivity index (χ0) is 22.3. The predicted octanol–water partition coefficient (Wildman–Crippen LogP) is 1.98. The van der Waals surface area contributed by atoms with Gasteiger partial charge < -0.3 is 4.74 Å². The van der Waals surface area contributed by atoms with Crippen molar-refractivity contribution >= 4 is 23.4 Å². The minimum absolute atomic E-state index is 0.191. The number of carbonyl (C=O) groups excluding carboxylic acids is 1. The van der Waals surface area contributed by atoms with Gasteiger partial charge >= 0.3 is 5.97 Å². The number of fused-ring (bicyclic) bond motifs is 1. The molecule has 9 heteroatoms. The largest absolute Gasteiger partial charge is 0.463 e. The van der Waals surface area contributed by atoms with E-state index < -0.39 is 17.8 Å². The van der Waals surface area contributed by atoms with E-state index in [4.69, 9.17) is 4.74 Å². The third-order valence-corrected chi connectivity index (χ3v) is 6.25. The Hall–Kier alpha value is -3.33. The van der Waals surface area contributed by atoms with Crippen LogP contribution >= 0.6 is 11.3 Å². The normalized spacial score (nSPS) is 16.3. The molecule has 0 saturated carbocycles. The van der Waals surface area contributed by atoms with Crippen LogP contribution in [0.15, 0.2) is 51.5 Å². The van der Waals surface area contributed by atoms with Gasteiger partial charge in [0.05, 0.1) is 34.6 Å². The summed E-state index contributed by atoms with van der Waals surface area (Å²) >= 11 is 1.24. The van der Waals surface area contributed by atoms with Crippen LogP contribution < -0.4 is 14.9 Å². The van der Waals surface area contributed by atoms with Gasteiger partial charge in [0.1, 0.15) is 5.82 Å². The molecule has 0 fully saturated rings. The fourth-order valence-electron chi connectivity index (χ4n) is 3.55. The number of ether oxygens (including phenoxy) is 1. The van der Waals surface area contributed by atoms with Crippen molar-refractivity contribution in [2.45, 2.75) is 26.8 Å². The Kier molecular flexibility index (Phi) is 5.45. The molecule has 0 aliphatic carbocycles. The number of nitrogens with zero attached hydrogens (tertiary/aromatic N) is 4. The fraction of sp³-hybridized carbons (Fsp3) is 0.273. The van der Waals surface area contributed by atoms with Crippen molar-refractivity contribution in [3.05, 3.63) is 84.1 Å². The lowest BCUT2D eigenvalue weighted by molar-refractivity contribution is -0.139. The van der Waals surface area contributed by atoms with Gasteiger partial charge in [-0.3, -0.25) is 14.0 Å². The Bertz CT molecular complexity index is 1380. The molecular weight excluding hydrogens is 419 g/mol. The summed E-state index contributed by atoms with van der Waals surface area (Å²) in [6.45, 7) is 5.54. The summed E-state index contributed by atoms with van der Waals surface area (Å²) in [5.74, 6) is -0.947. The smallest absolute Gasteiger partial charge is 0.338 e. The van der Waals surface area contributed by atoms with E-state index in [0.717, 1.165) is 11.3 Å². The van der Waals surface area contributed by atoms with Crippen LogP contribution in [0.4, 0.5) is 4.39 Å². The van der Waals surface area contributed by atoms with Crippen LogP contribution in [0.5, 0.6) is 0 Å². The summed E-state index contributed by atoms with van der Waals surface area (Å²) in [6, 6.07) is 5.00. The lowest BCUT2D eigenvalue weighted by Gasteiger charge is -2.24. The molecule has 4 rings (SSSR count). The van der Waals surface area contributed by atoms with Crippen molar-refractivity contribution in [3.8, 4) is 0 Å². The number of halogens is 1. The first kappa shape index (κ1) is 20.9. The highest BCUT2D eigenvalue weighted by molar-refractivity contribution is 7.07. The number of hydrogen-bond acceptors (Lipinski definition) is 6. The van der Waals surface area contributed by atoms with Gasteiger partial charge in [0.25, 0.3) is 5.56 Å². The van der Waals surface area contributed by atoms with Crippen LogP contribution in [0.25, 0.3) is 6.08 Å². The molecule has 0 amide bonds. The summed E-state index contributed by atoms with van der Waals surface area (Å²) < 4.78 is 22.5. The lowest BCUT2D eigenvalue weighted by atomic mass is 9.96. The average Bonchev–Trinajstić information content (AvgIpc) is 3.21. The Morgan fingerprint density at radius 3 is 2.61 bits per heavy atom. The monoisotopic (exact) mass is 440 g/mol. The van der Waals surface area contributed by atoms with Gasteiger partial charge in [-0.2, -0.15) is 5.10 Å². The Morgan fingerprint density at radius 1 is 1.29 bits per heavy atom. The summed E-state index contributed by atoms with van der Waals surface area (Å²) in [5, 5.41) is 4.22. The van der Waals surface area contributed by atoms with Crippen LogP contribution in [0.3, 0.4) is 0 Å². The van der Waals surface area contributed by atoms with Crippen molar-refractivity contribution in [1.82, 2.24) is 14.3 Å². The van der Waals surface area contributed by atoms with Gasteiger partial charge in [-0.05, 0) is 44.5 Å². The van der Waals surface area contributed by atoms with Gasteiger partial charge in [0, 0.05) is 18.3 Å². The number of thiazole rings is 1. The van der Waals surface area contributed by atoms with E-state index in [9.17, 15) is 14.0 Å². The number of hydrogen-bond donors (Lipinski definition) is 0. The molecule has 2 aromatic heterocycles. The molecule has 31 heavy (non-hydrogen) atoms. The van der Waals surface area contributed by atoms with Gasteiger partial charge in [0.2, 0.25) is 0 Å².